The molecular weight excluding hydrogens is 180 g/mol. The zero-order valence-electron chi connectivity index (χ0n) is 7.75. The van der Waals surface area contributed by atoms with Gasteiger partial charge in [-0.15, -0.1) is 0 Å². The molecule has 0 saturated carbocycles. The number of rotatable bonds is 1. The number of fused-ring (bicyclic) bond motifs is 1. The first kappa shape index (κ1) is 8.74. The molecule has 4 heteroatoms. The summed E-state index contributed by atoms with van der Waals surface area (Å²) in [6, 6.07) is -0.512. The van der Waals surface area contributed by atoms with E-state index in [0.717, 1.165) is 5.84 Å². The number of nitrogens with zero attached hydrogens (tertiary/aromatic N) is 2. The number of esters is 1. The Kier molecular flexibility index (Phi) is 2.18. The highest BCUT2D eigenvalue weighted by Crippen LogP contribution is 2.12. The third-order valence-corrected chi connectivity index (χ3v) is 2.01. The van der Waals surface area contributed by atoms with Crippen LogP contribution in [0.15, 0.2) is 41.7 Å². The summed E-state index contributed by atoms with van der Waals surface area (Å²) >= 11 is 0. The number of amidine groups is 1. The van der Waals surface area contributed by atoms with Gasteiger partial charge in [-0.2, -0.15) is 0 Å². The third-order valence-electron chi connectivity index (χ3n) is 2.01. The van der Waals surface area contributed by atoms with Crippen LogP contribution in [0.1, 0.15) is 0 Å². The summed E-state index contributed by atoms with van der Waals surface area (Å²) in [5, 5.41) is 0. The van der Waals surface area contributed by atoms with Crippen molar-refractivity contribution in [1.29, 1.82) is 0 Å². The Labute approximate surface area is 81.9 Å². The van der Waals surface area contributed by atoms with E-state index in [1.807, 2.05) is 35.5 Å². The molecular formula is C10H10N2O2. The molecule has 0 saturated heterocycles. The SMILES string of the molecule is COC(=O)C1C=CN2C=CC=CC2=N1. The van der Waals surface area contributed by atoms with Gasteiger partial charge in [0.05, 0.1) is 7.11 Å². The maximum absolute atomic E-state index is 11.2. The molecule has 0 fully saturated rings. The van der Waals surface area contributed by atoms with Crippen molar-refractivity contribution >= 4 is 11.8 Å². The fourth-order valence-corrected chi connectivity index (χ4v) is 1.29. The molecule has 1 unspecified atom stereocenters. The van der Waals surface area contributed by atoms with E-state index >= 15 is 0 Å². The van der Waals surface area contributed by atoms with Gasteiger partial charge in [0.1, 0.15) is 5.84 Å². The average molecular weight is 190 g/mol. The molecule has 0 radical (unpaired) electrons. The number of aliphatic imine (C=N–C) groups is 1. The number of carbonyl (C=O) groups is 1. The van der Waals surface area contributed by atoms with Gasteiger partial charge in [0.25, 0.3) is 0 Å². The van der Waals surface area contributed by atoms with Crippen molar-refractivity contribution in [3.63, 3.8) is 0 Å². The lowest BCUT2D eigenvalue weighted by Crippen LogP contribution is -2.30. The molecule has 0 aromatic rings. The third kappa shape index (κ3) is 1.46. The van der Waals surface area contributed by atoms with Crippen molar-refractivity contribution < 1.29 is 9.53 Å². The maximum Gasteiger partial charge on any atom is 0.334 e. The van der Waals surface area contributed by atoms with E-state index in [-0.39, 0.29) is 5.97 Å². The first-order chi connectivity index (χ1) is 6.81. The molecule has 0 aromatic carbocycles. The number of ether oxygens (including phenoxy) is 1. The van der Waals surface area contributed by atoms with Gasteiger partial charge in [0.15, 0.2) is 6.04 Å². The van der Waals surface area contributed by atoms with Gasteiger partial charge < -0.3 is 9.64 Å². The number of hydrogen-bond donors (Lipinski definition) is 0. The zero-order chi connectivity index (χ0) is 9.97. The molecule has 2 aliphatic heterocycles. The van der Waals surface area contributed by atoms with Crippen molar-refractivity contribution in [3.05, 3.63) is 36.7 Å². The van der Waals surface area contributed by atoms with Crippen molar-refractivity contribution in [1.82, 2.24) is 4.90 Å². The highest BCUT2D eigenvalue weighted by Gasteiger charge is 2.20. The average Bonchev–Trinajstić information content (AvgIpc) is 2.27. The van der Waals surface area contributed by atoms with Gasteiger partial charge in [-0.1, -0.05) is 6.08 Å². The van der Waals surface area contributed by atoms with Gasteiger partial charge in [-0.25, -0.2) is 9.79 Å². The second-order valence-corrected chi connectivity index (χ2v) is 2.90. The van der Waals surface area contributed by atoms with Crippen LogP contribution in [-0.2, 0) is 9.53 Å². The molecule has 0 aromatic heterocycles. The van der Waals surface area contributed by atoms with E-state index < -0.39 is 6.04 Å². The Bertz CT molecular complexity index is 366. The van der Waals surface area contributed by atoms with Gasteiger partial charge in [0, 0.05) is 12.4 Å². The highest BCUT2D eigenvalue weighted by molar-refractivity contribution is 5.98. The molecule has 0 aliphatic carbocycles. The Balaban J connectivity index is 2.21. The van der Waals surface area contributed by atoms with Crippen molar-refractivity contribution in [2.75, 3.05) is 7.11 Å². The molecule has 2 aliphatic rings. The van der Waals surface area contributed by atoms with Crippen LogP contribution < -0.4 is 0 Å². The molecule has 2 heterocycles. The van der Waals surface area contributed by atoms with Crippen LogP contribution in [-0.4, -0.2) is 29.9 Å². The Morgan fingerprint density at radius 1 is 1.50 bits per heavy atom. The predicted molar refractivity (Wildman–Crippen MR) is 52.5 cm³/mol. The minimum atomic E-state index is -0.512. The Hall–Kier alpha value is -1.84. The zero-order valence-corrected chi connectivity index (χ0v) is 7.75. The maximum atomic E-state index is 11.2. The van der Waals surface area contributed by atoms with Crippen LogP contribution in [0.2, 0.25) is 0 Å². The van der Waals surface area contributed by atoms with E-state index in [4.69, 9.17) is 0 Å². The second kappa shape index (κ2) is 3.49. The summed E-state index contributed by atoms with van der Waals surface area (Å²) in [4.78, 5) is 17.3. The standard InChI is InChI=1S/C10H10N2O2/c1-14-10(13)8-5-7-12-6-3-2-4-9(12)11-8/h2-8H,1H3. The topological polar surface area (TPSA) is 41.9 Å². The lowest BCUT2D eigenvalue weighted by Gasteiger charge is -2.23. The first-order valence-electron chi connectivity index (χ1n) is 4.28. The molecule has 0 bridgehead atoms. The molecule has 1 atom stereocenters. The van der Waals surface area contributed by atoms with E-state index in [1.165, 1.54) is 7.11 Å². The second-order valence-electron chi connectivity index (χ2n) is 2.90. The quantitative estimate of drug-likeness (QED) is 0.575. The molecule has 0 amide bonds. The first-order valence-corrected chi connectivity index (χ1v) is 4.28. The van der Waals surface area contributed by atoms with Crippen LogP contribution in [0.3, 0.4) is 0 Å². The monoisotopic (exact) mass is 190 g/mol. The van der Waals surface area contributed by atoms with Gasteiger partial charge in [0.2, 0.25) is 0 Å². The van der Waals surface area contributed by atoms with Crippen molar-refractivity contribution in [2.45, 2.75) is 6.04 Å². The fourth-order valence-electron chi connectivity index (χ4n) is 1.29. The van der Waals surface area contributed by atoms with Crippen LogP contribution >= 0.6 is 0 Å². The summed E-state index contributed by atoms with van der Waals surface area (Å²) in [6.07, 6.45) is 11.0. The fraction of sp³-hybridized carbons (Fsp3) is 0.200. The van der Waals surface area contributed by atoms with E-state index in [9.17, 15) is 4.79 Å². The molecule has 72 valence electrons. The van der Waals surface area contributed by atoms with Crippen LogP contribution in [0.4, 0.5) is 0 Å². The van der Waals surface area contributed by atoms with E-state index in [2.05, 4.69) is 9.73 Å². The highest BCUT2D eigenvalue weighted by atomic mass is 16.5. The lowest BCUT2D eigenvalue weighted by atomic mass is 10.2. The summed E-state index contributed by atoms with van der Waals surface area (Å²) < 4.78 is 4.61. The van der Waals surface area contributed by atoms with Gasteiger partial charge in [-0.05, 0) is 18.2 Å². The van der Waals surface area contributed by atoms with E-state index in [1.54, 1.807) is 6.08 Å². The lowest BCUT2D eigenvalue weighted by molar-refractivity contribution is -0.140. The van der Waals surface area contributed by atoms with E-state index in [0.29, 0.717) is 0 Å². The smallest absolute Gasteiger partial charge is 0.334 e. The molecule has 14 heavy (non-hydrogen) atoms. The summed E-state index contributed by atoms with van der Waals surface area (Å²) in [5.74, 6) is 0.418. The van der Waals surface area contributed by atoms with Crippen LogP contribution in [0.5, 0.6) is 0 Å². The predicted octanol–water partition coefficient (Wildman–Crippen LogP) is 0.839. The summed E-state index contributed by atoms with van der Waals surface area (Å²) in [5.41, 5.74) is 0. The van der Waals surface area contributed by atoms with Gasteiger partial charge >= 0.3 is 5.97 Å². The van der Waals surface area contributed by atoms with Gasteiger partial charge in [-0.3, -0.25) is 0 Å². The molecule has 2 rings (SSSR count). The van der Waals surface area contributed by atoms with Crippen molar-refractivity contribution in [3.8, 4) is 0 Å². The molecule has 0 N–H and O–H groups in total. The molecule has 0 spiro atoms. The largest absolute Gasteiger partial charge is 0.467 e. The van der Waals surface area contributed by atoms with Crippen LogP contribution in [0.25, 0.3) is 0 Å². The van der Waals surface area contributed by atoms with Crippen LogP contribution in [0, 0.1) is 0 Å². The minimum Gasteiger partial charge on any atom is -0.467 e. The normalized spacial score (nSPS) is 23.1. The number of hydrogen-bond acceptors (Lipinski definition) is 4. The number of methoxy groups -OCH3 is 1. The minimum absolute atomic E-state index is 0.337. The number of allylic oxidation sites excluding steroid dienone is 2. The number of carbonyl (C=O) groups excluding carboxylic acids is 1. The van der Waals surface area contributed by atoms with Crippen molar-refractivity contribution in [2.24, 2.45) is 4.99 Å². The summed E-state index contributed by atoms with van der Waals surface area (Å²) in [7, 11) is 1.36. The summed E-state index contributed by atoms with van der Waals surface area (Å²) in [6.45, 7) is 0. The molecule has 4 nitrogen and oxygen atoms in total. The Morgan fingerprint density at radius 2 is 2.36 bits per heavy atom. The Morgan fingerprint density at radius 3 is 3.14 bits per heavy atom.